The molecule has 0 radical (unpaired) electrons. The van der Waals surface area contributed by atoms with E-state index in [0.29, 0.717) is 19.0 Å². The molecule has 0 heterocycles. The van der Waals surface area contributed by atoms with Crippen molar-refractivity contribution in [3.8, 4) is 0 Å². The van der Waals surface area contributed by atoms with Crippen LogP contribution in [0.4, 0.5) is 4.79 Å². The van der Waals surface area contributed by atoms with Crippen LogP contribution in [0.25, 0.3) is 0 Å². The number of rotatable bonds is 16. The molecule has 0 fully saturated rings. The summed E-state index contributed by atoms with van der Waals surface area (Å²) in [6.07, 6.45) is 0.554. The Kier molecular flexibility index (Phi) is 14.6. The molecule has 0 aliphatic carbocycles. The zero-order chi connectivity index (χ0) is 20.5. The number of carbonyl (C=O) groups is 2. The molecule has 2 amide bonds. The van der Waals surface area contributed by atoms with Crippen molar-refractivity contribution in [2.75, 3.05) is 54.2 Å². The van der Waals surface area contributed by atoms with Crippen LogP contribution in [0.3, 0.4) is 0 Å². The van der Waals surface area contributed by atoms with Crippen molar-refractivity contribution >= 4 is 20.8 Å². The van der Waals surface area contributed by atoms with E-state index in [1.54, 1.807) is 21.3 Å². The highest BCUT2D eigenvalue weighted by Gasteiger charge is 2.36. The van der Waals surface area contributed by atoms with Crippen molar-refractivity contribution in [1.82, 2.24) is 16.0 Å². The van der Waals surface area contributed by atoms with Crippen molar-refractivity contribution in [3.63, 3.8) is 0 Å². The van der Waals surface area contributed by atoms with E-state index in [2.05, 4.69) is 22.5 Å². The minimum absolute atomic E-state index is 0.0523. The quantitative estimate of drug-likeness (QED) is 0.0846. The van der Waals surface area contributed by atoms with Crippen LogP contribution >= 0.6 is 0 Å². The second-order valence-corrected chi connectivity index (χ2v) is 8.22. The zero-order valence-corrected chi connectivity index (χ0v) is 17.1. The Morgan fingerprint density at radius 1 is 1.07 bits per heavy atom. The summed E-state index contributed by atoms with van der Waals surface area (Å²) in [5.41, 5.74) is 0. The molecule has 0 aromatic rings. The lowest BCUT2D eigenvalue weighted by Gasteiger charge is -2.24. The average molecular weight is 410 g/mol. The number of esters is 1. The topological polar surface area (TPSA) is 137 Å². The van der Waals surface area contributed by atoms with Crippen molar-refractivity contribution < 1.29 is 37.4 Å². The number of aliphatic hydroxyl groups is 1. The largest absolute Gasteiger partial charge is 0.500 e. The van der Waals surface area contributed by atoms with Gasteiger partial charge in [-0.1, -0.05) is 6.58 Å². The van der Waals surface area contributed by atoms with Crippen molar-refractivity contribution in [2.24, 2.45) is 0 Å². The molecule has 4 N–H and O–H groups in total. The molecule has 11 nitrogen and oxygen atoms in total. The number of ether oxygens (including phenoxy) is 2. The SMILES string of the molecule is C=CC(=O)OCCNC(=O)NCCOC(O)NCCC[Si](OC)(OC)OC. The highest BCUT2D eigenvalue weighted by molar-refractivity contribution is 6.60. The maximum Gasteiger partial charge on any atom is 0.500 e. The Morgan fingerprint density at radius 2 is 1.67 bits per heavy atom. The lowest BCUT2D eigenvalue weighted by atomic mass is 10.5. The third kappa shape index (κ3) is 12.5. The van der Waals surface area contributed by atoms with Crippen LogP contribution in [0.5, 0.6) is 0 Å². The Morgan fingerprint density at radius 3 is 2.22 bits per heavy atom. The molecular weight excluding hydrogens is 378 g/mol. The van der Waals surface area contributed by atoms with E-state index in [4.69, 9.17) is 22.8 Å². The lowest BCUT2D eigenvalue weighted by Crippen LogP contribution is -2.43. The summed E-state index contributed by atoms with van der Waals surface area (Å²) in [7, 11) is 2.02. The van der Waals surface area contributed by atoms with Crippen LogP contribution in [0.1, 0.15) is 6.42 Å². The van der Waals surface area contributed by atoms with Crippen LogP contribution in [0.2, 0.25) is 6.04 Å². The van der Waals surface area contributed by atoms with Gasteiger partial charge in [0.05, 0.1) is 13.2 Å². The Balaban J connectivity index is 3.65. The second kappa shape index (κ2) is 15.5. The van der Waals surface area contributed by atoms with Gasteiger partial charge in [-0.15, -0.1) is 0 Å². The predicted molar refractivity (Wildman–Crippen MR) is 98.7 cm³/mol. The minimum atomic E-state index is -2.61. The standard InChI is InChI=1S/C15H31N3O8Si/c1-5-13(19)25-10-8-16-14(20)17-9-11-26-15(21)18-7-6-12-27(22-2,23-3)24-4/h5,15,18,21H,1,6-12H2,2-4H3,(H2,16,17,20). The summed E-state index contributed by atoms with van der Waals surface area (Å²) in [5, 5.41) is 17.5. The molecule has 0 aliphatic rings. The maximum absolute atomic E-state index is 11.4. The van der Waals surface area contributed by atoms with Gasteiger partial charge in [0.25, 0.3) is 0 Å². The monoisotopic (exact) mass is 409 g/mol. The first-order valence-electron chi connectivity index (χ1n) is 8.42. The van der Waals surface area contributed by atoms with Crippen LogP contribution < -0.4 is 16.0 Å². The summed E-state index contributed by atoms with van der Waals surface area (Å²) in [4.78, 5) is 22.2. The van der Waals surface area contributed by atoms with E-state index in [0.717, 1.165) is 6.08 Å². The first-order valence-corrected chi connectivity index (χ1v) is 10.4. The molecule has 0 bridgehead atoms. The fraction of sp³-hybridized carbons (Fsp3) is 0.733. The van der Waals surface area contributed by atoms with Crippen molar-refractivity contribution in [1.29, 1.82) is 0 Å². The van der Waals surface area contributed by atoms with Gasteiger partial charge in [-0.25, -0.2) is 9.59 Å². The molecule has 0 rings (SSSR count). The minimum Gasteiger partial charge on any atom is -0.461 e. The van der Waals surface area contributed by atoms with Crippen LogP contribution in [-0.4, -0.2) is 86.5 Å². The van der Waals surface area contributed by atoms with E-state index in [9.17, 15) is 14.7 Å². The van der Waals surface area contributed by atoms with Gasteiger partial charge in [0.15, 0.2) is 0 Å². The van der Waals surface area contributed by atoms with Crippen LogP contribution in [-0.2, 0) is 27.5 Å². The Hall–Kier alpha value is -1.54. The summed E-state index contributed by atoms with van der Waals surface area (Å²) in [6.45, 7) is 4.27. The lowest BCUT2D eigenvalue weighted by molar-refractivity contribution is -0.137. The van der Waals surface area contributed by atoms with Gasteiger partial charge in [0, 0.05) is 40.0 Å². The molecular formula is C15H31N3O8Si. The fourth-order valence-corrected chi connectivity index (χ4v) is 3.64. The summed E-state index contributed by atoms with van der Waals surface area (Å²) in [6, 6.07) is 0.163. The highest BCUT2D eigenvalue weighted by Crippen LogP contribution is 2.14. The number of aliphatic hydroxyl groups excluding tert-OH is 1. The smallest absolute Gasteiger partial charge is 0.461 e. The van der Waals surface area contributed by atoms with E-state index in [-0.39, 0.29) is 26.3 Å². The Labute approximate surface area is 160 Å². The molecule has 0 aromatic heterocycles. The number of hydrogen-bond acceptors (Lipinski definition) is 9. The highest BCUT2D eigenvalue weighted by atomic mass is 28.4. The molecule has 0 saturated carbocycles. The number of hydrogen-bond donors (Lipinski definition) is 4. The van der Waals surface area contributed by atoms with E-state index in [1.807, 2.05) is 0 Å². The van der Waals surface area contributed by atoms with Crippen LogP contribution in [0, 0.1) is 0 Å². The number of nitrogens with one attached hydrogen (secondary N) is 3. The van der Waals surface area contributed by atoms with Gasteiger partial charge in [-0.3, -0.25) is 5.32 Å². The summed E-state index contributed by atoms with van der Waals surface area (Å²) in [5.74, 6) is -0.549. The Bertz CT molecular complexity index is 429. The van der Waals surface area contributed by atoms with E-state index < -0.39 is 27.2 Å². The first-order chi connectivity index (χ1) is 12.9. The average Bonchev–Trinajstić information content (AvgIpc) is 2.69. The van der Waals surface area contributed by atoms with Gasteiger partial charge in [0.1, 0.15) is 6.61 Å². The molecule has 1 unspecified atom stereocenters. The normalized spacial score (nSPS) is 12.3. The van der Waals surface area contributed by atoms with Gasteiger partial charge in [-0.2, -0.15) is 0 Å². The maximum atomic E-state index is 11.4. The first kappa shape index (κ1) is 25.5. The van der Waals surface area contributed by atoms with Gasteiger partial charge in [-0.05, 0) is 13.0 Å². The second-order valence-electron chi connectivity index (χ2n) is 5.13. The predicted octanol–water partition coefficient (Wildman–Crippen LogP) is -0.835. The van der Waals surface area contributed by atoms with E-state index >= 15 is 0 Å². The third-order valence-corrected chi connectivity index (χ3v) is 6.21. The molecule has 158 valence electrons. The summed E-state index contributed by atoms with van der Waals surface area (Å²) < 4.78 is 25.7. The number of amides is 2. The van der Waals surface area contributed by atoms with E-state index in [1.165, 1.54) is 0 Å². The molecule has 1 atom stereocenters. The number of urea groups is 1. The van der Waals surface area contributed by atoms with Crippen molar-refractivity contribution in [2.45, 2.75) is 18.9 Å². The molecule has 0 aromatic carbocycles. The molecule has 0 aliphatic heterocycles. The van der Waals surface area contributed by atoms with Gasteiger partial charge >= 0.3 is 20.8 Å². The molecule has 0 spiro atoms. The fourth-order valence-electron chi connectivity index (χ4n) is 1.92. The van der Waals surface area contributed by atoms with Crippen molar-refractivity contribution in [3.05, 3.63) is 12.7 Å². The van der Waals surface area contributed by atoms with Crippen LogP contribution in [0.15, 0.2) is 12.7 Å². The summed E-state index contributed by atoms with van der Waals surface area (Å²) >= 11 is 0. The van der Waals surface area contributed by atoms with Gasteiger partial charge in [0.2, 0.25) is 6.41 Å². The zero-order valence-electron chi connectivity index (χ0n) is 16.1. The number of carbonyl (C=O) groups excluding carboxylic acids is 2. The van der Waals surface area contributed by atoms with Gasteiger partial charge < -0.3 is 38.5 Å². The molecule has 0 saturated heterocycles. The third-order valence-electron chi connectivity index (χ3n) is 3.37. The molecule has 12 heteroatoms. The molecule has 27 heavy (non-hydrogen) atoms.